The van der Waals surface area contributed by atoms with E-state index in [1.54, 1.807) is 23.1 Å². The highest BCUT2D eigenvalue weighted by Crippen LogP contribution is 2.40. The lowest BCUT2D eigenvalue weighted by atomic mass is 10.1. The van der Waals surface area contributed by atoms with Gasteiger partial charge in [0.05, 0.1) is 10.3 Å². The van der Waals surface area contributed by atoms with Crippen LogP contribution in [0.5, 0.6) is 0 Å². The molecular formula is C13H15BrN2S2. The summed E-state index contributed by atoms with van der Waals surface area (Å²) in [6.07, 6.45) is 2.78. The lowest BCUT2D eigenvalue weighted by Crippen LogP contribution is -2.25. The van der Waals surface area contributed by atoms with Crippen LogP contribution in [0.3, 0.4) is 0 Å². The van der Waals surface area contributed by atoms with Crippen molar-refractivity contribution in [1.82, 2.24) is 4.98 Å². The fraction of sp³-hybridized carbons (Fsp3) is 0.308. The summed E-state index contributed by atoms with van der Waals surface area (Å²) in [4.78, 5) is 5.67. The molecule has 0 bridgehead atoms. The van der Waals surface area contributed by atoms with Gasteiger partial charge in [-0.3, -0.25) is 0 Å². The molecule has 96 valence electrons. The van der Waals surface area contributed by atoms with Gasteiger partial charge in [0.1, 0.15) is 0 Å². The van der Waals surface area contributed by atoms with Crippen molar-refractivity contribution in [3.63, 3.8) is 0 Å². The van der Waals surface area contributed by atoms with Crippen molar-refractivity contribution in [3.8, 4) is 0 Å². The Morgan fingerprint density at radius 1 is 1.50 bits per heavy atom. The predicted octanol–water partition coefficient (Wildman–Crippen LogP) is 4.48. The van der Waals surface area contributed by atoms with Gasteiger partial charge in [0, 0.05) is 27.0 Å². The van der Waals surface area contributed by atoms with Crippen molar-refractivity contribution >= 4 is 39.0 Å². The first-order chi connectivity index (χ1) is 8.70. The molecule has 0 fully saturated rings. The molecular weight excluding hydrogens is 328 g/mol. The van der Waals surface area contributed by atoms with Crippen molar-refractivity contribution < 1.29 is 0 Å². The van der Waals surface area contributed by atoms with E-state index in [0.29, 0.717) is 0 Å². The first kappa shape index (κ1) is 14.1. The summed E-state index contributed by atoms with van der Waals surface area (Å²) in [5.41, 5.74) is 6.25. The van der Waals surface area contributed by atoms with Gasteiger partial charge in [-0.25, -0.2) is 4.98 Å². The number of hydrogen-bond acceptors (Lipinski definition) is 4. The van der Waals surface area contributed by atoms with Gasteiger partial charge >= 0.3 is 0 Å². The number of nitrogens with two attached hydrogens (primary N) is 1. The molecule has 2 nitrogen and oxygen atoms in total. The van der Waals surface area contributed by atoms with Crippen molar-refractivity contribution in [1.29, 1.82) is 0 Å². The standard InChI is InChI=1S/C13H15BrN2S2/c1-2-10(15)13(11-7-9(14)8-17-11)18-12-5-3-4-6-16-12/h3-8,10,13H,2,15H2,1H3. The SMILES string of the molecule is CCC(N)C(Sc1ccccn1)c1cc(Br)cs1. The molecule has 0 radical (unpaired) electrons. The lowest BCUT2D eigenvalue weighted by Gasteiger charge is -2.20. The quantitative estimate of drug-likeness (QED) is 0.814. The van der Waals surface area contributed by atoms with Crippen LogP contribution in [0.4, 0.5) is 0 Å². The molecule has 2 atom stereocenters. The van der Waals surface area contributed by atoms with E-state index in [2.05, 4.69) is 39.3 Å². The summed E-state index contributed by atoms with van der Waals surface area (Å²) in [7, 11) is 0. The first-order valence-corrected chi connectivity index (χ1v) is 8.33. The molecule has 2 aromatic rings. The van der Waals surface area contributed by atoms with E-state index in [1.807, 2.05) is 24.4 Å². The number of hydrogen-bond donors (Lipinski definition) is 1. The number of thioether (sulfide) groups is 1. The van der Waals surface area contributed by atoms with Crippen LogP contribution < -0.4 is 5.73 Å². The zero-order chi connectivity index (χ0) is 13.0. The van der Waals surface area contributed by atoms with Gasteiger partial charge in [-0.05, 0) is 40.5 Å². The van der Waals surface area contributed by atoms with Gasteiger partial charge < -0.3 is 5.73 Å². The smallest absolute Gasteiger partial charge is 0.0966 e. The van der Waals surface area contributed by atoms with E-state index in [0.717, 1.165) is 15.9 Å². The minimum Gasteiger partial charge on any atom is -0.326 e. The van der Waals surface area contributed by atoms with Crippen LogP contribution in [0.25, 0.3) is 0 Å². The predicted molar refractivity (Wildman–Crippen MR) is 83.1 cm³/mol. The average Bonchev–Trinajstić information content (AvgIpc) is 2.83. The number of pyridine rings is 1. The van der Waals surface area contributed by atoms with Gasteiger partial charge in [0.2, 0.25) is 0 Å². The summed E-state index contributed by atoms with van der Waals surface area (Å²) in [5, 5.41) is 3.39. The Morgan fingerprint density at radius 2 is 2.33 bits per heavy atom. The topological polar surface area (TPSA) is 38.9 Å². The summed E-state index contributed by atoms with van der Waals surface area (Å²) >= 11 is 6.99. The normalized spacial score (nSPS) is 14.4. The molecule has 2 unspecified atom stereocenters. The van der Waals surface area contributed by atoms with Crippen molar-refractivity contribution in [2.75, 3.05) is 0 Å². The van der Waals surface area contributed by atoms with Gasteiger partial charge in [0.25, 0.3) is 0 Å². The zero-order valence-corrected chi connectivity index (χ0v) is 13.3. The second-order valence-corrected chi connectivity index (χ2v) is 6.97. The number of halogens is 1. The van der Waals surface area contributed by atoms with Crippen LogP contribution in [0, 0.1) is 0 Å². The van der Waals surface area contributed by atoms with E-state index in [9.17, 15) is 0 Å². The highest BCUT2D eigenvalue weighted by molar-refractivity contribution is 9.10. The third-order valence-corrected chi connectivity index (χ3v) is 5.88. The monoisotopic (exact) mass is 342 g/mol. The van der Waals surface area contributed by atoms with Crippen LogP contribution in [-0.2, 0) is 0 Å². The Bertz CT molecular complexity index is 487. The molecule has 0 spiro atoms. The maximum Gasteiger partial charge on any atom is 0.0966 e. The Balaban J connectivity index is 2.21. The number of aromatic nitrogens is 1. The van der Waals surface area contributed by atoms with E-state index in [-0.39, 0.29) is 11.3 Å². The Kier molecular flexibility index (Phi) is 5.24. The molecule has 2 heterocycles. The molecule has 0 aliphatic rings. The molecule has 0 saturated heterocycles. The van der Waals surface area contributed by atoms with Crippen molar-refractivity contribution in [2.45, 2.75) is 29.7 Å². The second kappa shape index (κ2) is 6.70. The molecule has 0 aromatic carbocycles. The van der Waals surface area contributed by atoms with Gasteiger partial charge in [-0.1, -0.05) is 24.8 Å². The third-order valence-electron chi connectivity index (χ3n) is 2.61. The molecule has 0 aliphatic carbocycles. The van der Waals surface area contributed by atoms with Crippen molar-refractivity contribution in [2.24, 2.45) is 5.73 Å². The highest BCUT2D eigenvalue weighted by Gasteiger charge is 2.22. The maximum atomic E-state index is 6.25. The maximum absolute atomic E-state index is 6.25. The van der Waals surface area contributed by atoms with Gasteiger partial charge in [-0.15, -0.1) is 11.3 Å². The van der Waals surface area contributed by atoms with Crippen LogP contribution in [0.1, 0.15) is 23.5 Å². The van der Waals surface area contributed by atoms with E-state index in [4.69, 9.17) is 5.73 Å². The highest BCUT2D eigenvalue weighted by atomic mass is 79.9. The fourth-order valence-corrected chi connectivity index (χ4v) is 4.50. The zero-order valence-electron chi connectivity index (χ0n) is 10.0. The summed E-state index contributed by atoms with van der Waals surface area (Å²) in [5.74, 6) is 0. The third kappa shape index (κ3) is 3.57. The molecule has 0 saturated carbocycles. The number of thiophene rings is 1. The van der Waals surface area contributed by atoms with Crippen LogP contribution in [0.15, 0.2) is 45.3 Å². The Labute approximate surface area is 124 Å². The minimum atomic E-state index is 0.141. The van der Waals surface area contributed by atoms with Crippen LogP contribution in [-0.4, -0.2) is 11.0 Å². The van der Waals surface area contributed by atoms with Crippen molar-refractivity contribution in [3.05, 3.63) is 45.2 Å². The van der Waals surface area contributed by atoms with Gasteiger partial charge in [0.15, 0.2) is 0 Å². The van der Waals surface area contributed by atoms with E-state index >= 15 is 0 Å². The fourth-order valence-electron chi connectivity index (χ4n) is 1.59. The molecule has 2 rings (SSSR count). The summed E-state index contributed by atoms with van der Waals surface area (Å²) < 4.78 is 1.12. The average molecular weight is 343 g/mol. The van der Waals surface area contributed by atoms with E-state index in [1.165, 1.54) is 4.88 Å². The van der Waals surface area contributed by atoms with Gasteiger partial charge in [-0.2, -0.15) is 0 Å². The Hall–Kier alpha value is -0.360. The first-order valence-electron chi connectivity index (χ1n) is 5.78. The van der Waals surface area contributed by atoms with Crippen LogP contribution >= 0.6 is 39.0 Å². The molecule has 0 aliphatic heterocycles. The molecule has 5 heteroatoms. The molecule has 18 heavy (non-hydrogen) atoms. The summed E-state index contributed by atoms with van der Waals surface area (Å²) in [6.45, 7) is 2.12. The largest absolute Gasteiger partial charge is 0.326 e. The van der Waals surface area contributed by atoms with Crippen LogP contribution in [0.2, 0.25) is 0 Å². The van der Waals surface area contributed by atoms with E-state index < -0.39 is 0 Å². The molecule has 2 aromatic heterocycles. The molecule has 0 amide bonds. The Morgan fingerprint density at radius 3 is 2.89 bits per heavy atom. The molecule has 2 N–H and O–H groups in total. The lowest BCUT2D eigenvalue weighted by molar-refractivity contribution is 0.639. The number of rotatable bonds is 5. The minimum absolute atomic E-state index is 0.141. The second-order valence-electron chi connectivity index (χ2n) is 3.95. The summed E-state index contributed by atoms with van der Waals surface area (Å²) in [6, 6.07) is 8.26. The number of nitrogens with zero attached hydrogens (tertiary/aromatic N) is 1.